The number of guanidine groups is 1. The number of piperazine rings is 1. The molecule has 1 aliphatic heterocycles. The fraction of sp³-hybridized carbons (Fsp3) is 0.556. The smallest absolute Gasteiger partial charge is 0.194 e. The van der Waals surface area contributed by atoms with Crippen LogP contribution in [0, 0.1) is 13.8 Å². The molecule has 1 N–H and O–H groups in total. The van der Waals surface area contributed by atoms with Crippen LogP contribution in [0.3, 0.4) is 0 Å². The van der Waals surface area contributed by atoms with Crippen LogP contribution < -0.4 is 5.32 Å². The summed E-state index contributed by atoms with van der Waals surface area (Å²) < 4.78 is 7.12. The van der Waals surface area contributed by atoms with E-state index in [1.165, 1.54) is 0 Å². The van der Waals surface area contributed by atoms with Crippen LogP contribution in [0.5, 0.6) is 0 Å². The highest BCUT2D eigenvalue weighted by Crippen LogP contribution is 2.10. The molecule has 0 spiro atoms. The third-order valence-corrected chi connectivity index (χ3v) is 4.69. The normalized spacial score (nSPS) is 16.0. The second-order valence-corrected chi connectivity index (χ2v) is 6.72. The quantitative estimate of drug-likeness (QED) is 0.457. The minimum atomic E-state index is 0.495. The van der Waals surface area contributed by atoms with Crippen LogP contribution in [0.25, 0.3) is 0 Å². The van der Waals surface area contributed by atoms with E-state index < -0.39 is 0 Å². The van der Waals surface area contributed by atoms with Gasteiger partial charge in [0, 0.05) is 52.4 Å². The van der Waals surface area contributed by atoms with E-state index in [4.69, 9.17) is 9.52 Å². The maximum Gasteiger partial charge on any atom is 0.194 e. The third-order valence-electron chi connectivity index (χ3n) is 4.69. The average Bonchev–Trinajstić information content (AvgIpc) is 3.22. The number of rotatable bonds is 6. The van der Waals surface area contributed by atoms with E-state index >= 15 is 0 Å². The Kier molecular flexibility index (Phi) is 6.23. The molecule has 9 heteroatoms. The van der Waals surface area contributed by atoms with Crippen molar-refractivity contribution in [1.82, 2.24) is 35.0 Å². The zero-order valence-electron chi connectivity index (χ0n) is 16.4. The molecule has 27 heavy (non-hydrogen) atoms. The molecule has 1 fully saturated rings. The highest BCUT2D eigenvalue weighted by atomic mass is 16.5. The first-order valence-corrected chi connectivity index (χ1v) is 9.20. The molecule has 0 radical (unpaired) electrons. The van der Waals surface area contributed by atoms with E-state index in [-0.39, 0.29) is 0 Å². The average molecular weight is 372 g/mol. The van der Waals surface area contributed by atoms with E-state index in [2.05, 4.69) is 37.0 Å². The maximum atomic E-state index is 5.16. The second-order valence-electron chi connectivity index (χ2n) is 6.72. The molecule has 0 unspecified atom stereocenters. The lowest BCUT2D eigenvalue weighted by molar-refractivity contribution is 0.169. The first-order valence-electron chi connectivity index (χ1n) is 9.20. The van der Waals surface area contributed by atoms with E-state index in [0.717, 1.165) is 61.8 Å². The Morgan fingerprint density at radius 1 is 1.30 bits per heavy atom. The summed E-state index contributed by atoms with van der Waals surface area (Å²) in [5.41, 5.74) is 0.984. The van der Waals surface area contributed by atoms with Gasteiger partial charge in [0.2, 0.25) is 0 Å². The van der Waals surface area contributed by atoms with Crippen LogP contribution >= 0.6 is 0 Å². The number of aromatic nitrogens is 4. The van der Waals surface area contributed by atoms with E-state index in [1.54, 1.807) is 0 Å². The first-order chi connectivity index (χ1) is 13.1. The molecule has 0 saturated carbocycles. The van der Waals surface area contributed by atoms with Gasteiger partial charge in [-0.1, -0.05) is 11.2 Å². The Bertz CT molecular complexity index is 785. The number of hydrogen-bond donors (Lipinski definition) is 1. The topological polar surface area (TPSA) is 87.6 Å². The fourth-order valence-electron chi connectivity index (χ4n) is 3.00. The van der Waals surface area contributed by atoms with Gasteiger partial charge < -0.3 is 19.3 Å². The summed E-state index contributed by atoms with van der Waals surface area (Å²) in [4.78, 5) is 9.41. The van der Waals surface area contributed by atoms with Crippen molar-refractivity contribution in [3.05, 3.63) is 41.8 Å². The van der Waals surface area contributed by atoms with Crippen molar-refractivity contribution in [3.63, 3.8) is 0 Å². The van der Waals surface area contributed by atoms with Gasteiger partial charge in [0.25, 0.3) is 0 Å². The van der Waals surface area contributed by atoms with Gasteiger partial charge in [0.05, 0.1) is 5.69 Å². The summed E-state index contributed by atoms with van der Waals surface area (Å²) in [6, 6.07) is 1.99. The molecule has 0 aromatic carbocycles. The van der Waals surface area contributed by atoms with E-state index in [0.29, 0.717) is 13.1 Å². The Morgan fingerprint density at radius 3 is 2.67 bits per heavy atom. The van der Waals surface area contributed by atoms with E-state index in [1.807, 2.05) is 37.6 Å². The van der Waals surface area contributed by atoms with Crippen molar-refractivity contribution in [3.8, 4) is 0 Å². The predicted molar refractivity (Wildman–Crippen MR) is 103 cm³/mol. The summed E-state index contributed by atoms with van der Waals surface area (Å²) in [5, 5.41) is 15.7. The molecule has 0 amide bonds. The number of nitrogens with zero attached hydrogens (tertiary/aromatic N) is 7. The molecule has 3 heterocycles. The molecule has 9 nitrogen and oxygen atoms in total. The second kappa shape index (κ2) is 8.81. The zero-order valence-corrected chi connectivity index (χ0v) is 16.4. The molecule has 146 valence electrons. The Balaban J connectivity index is 1.59. The van der Waals surface area contributed by atoms with Gasteiger partial charge in [-0.3, -0.25) is 4.90 Å². The molecule has 1 aliphatic rings. The Morgan fingerprint density at radius 2 is 2.07 bits per heavy atom. The molecule has 1 saturated heterocycles. The molecule has 3 rings (SSSR count). The van der Waals surface area contributed by atoms with Gasteiger partial charge in [0.15, 0.2) is 11.8 Å². The third kappa shape index (κ3) is 4.94. The summed E-state index contributed by atoms with van der Waals surface area (Å²) >= 11 is 0. The zero-order chi connectivity index (χ0) is 19.2. The largest absolute Gasteiger partial charge is 0.361 e. The van der Waals surface area contributed by atoms with E-state index in [9.17, 15) is 0 Å². The first kappa shape index (κ1) is 19.1. The monoisotopic (exact) mass is 372 g/mol. The van der Waals surface area contributed by atoms with Crippen LogP contribution in [0.4, 0.5) is 0 Å². The fourth-order valence-corrected chi connectivity index (χ4v) is 3.00. The molecular weight excluding hydrogens is 344 g/mol. The highest BCUT2D eigenvalue weighted by Gasteiger charge is 2.20. The summed E-state index contributed by atoms with van der Waals surface area (Å²) in [5.74, 6) is 3.47. The van der Waals surface area contributed by atoms with Gasteiger partial charge in [-0.2, -0.15) is 0 Å². The maximum absolute atomic E-state index is 5.16. The molecule has 0 atom stereocenters. The van der Waals surface area contributed by atoms with Crippen LogP contribution in [0.2, 0.25) is 0 Å². The van der Waals surface area contributed by atoms with Crippen molar-refractivity contribution in [2.75, 3.05) is 32.7 Å². The van der Waals surface area contributed by atoms with Crippen LogP contribution in [-0.4, -0.2) is 68.4 Å². The van der Waals surface area contributed by atoms with Crippen LogP contribution in [-0.2, 0) is 20.1 Å². The predicted octanol–water partition coefficient (Wildman–Crippen LogP) is 0.869. The summed E-state index contributed by atoms with van der Waals surface area (Å²) in [6.07, 6.45) is 1.84. The molecule has 0 aliphatic carbocycles. The van der Waals surface area contributed by atoms with Crippen LogP contribution in [0.15, 0.2) is 28.2 Å². The Labute approximate surface area is 159 Å². The molecule has 2 aromatic heterocycles. The summed E-state index contributed by atoms with van der Waals surface area (Å²) in [6.45, 7) is 13.3. The molecular formula is C18H28N8O. The van der Waals surface area contributed by atoms with Crippen LogP contribution in [0.1, 0.15) is 23.1 Å². The van der Waals surface area contributed by atoms with Crippen molar-refractivity contribution in [2.24, 2.45) is 12.0 Å². The lowest BCUT2D eigenvalue weighted by Gasteiger charge is -2.36. The lowest BCUT2D eigenvalue weighted by Crippen LogP contribution is -2.52. The van der Waals surface area contributed by atoms with Gasteiger partial charge >= 0.3 is 0 Å². The van der Waals surface area contributed by atoms with Gasteiger partial charge in [-0.15, -0.1) is 16.8 Å². The molecule has 0 bridgehead atoms. The standard InChI is InChI=1S/C18H28N8O/c1-5-6-19-18(20-12-17-22-21-15(3)24(17)4)26-9-7-25(8-10-26)13-16-11-14(2)27-23-16/h5,11H,1,6-10,12-13H2,2-4H3,(H,19,20). The van der Waals surface area contributed by atoms with Gasteiger partial charge in [0.1, 0.15) is 18.1 Å². The molecule has 2 aromatic rings. The highest BCUT2D eigenvalue weighted by molar-refractivity contribution is 5.80. The number of aryl methyl sites for hydroxylation is 2. The van der Waals surface area contributed by atoms with Crippen molar-refractivity contribution in [2.45, 2.75) is 26.9 Å². The minimum absolute atomic E-state index is 0.495. The summed E-state index contributed by atoms with van der Waals surface area (Å²) in [7, 11) is 1.96. The van der Waals surface area contributed by atoms with Gasteiger partial charge in [-0.25, -0.2) is 4.99 Å². The number of nitrogens with one attached hydrogen (secondary N) is 1. The number of hydrogen-bond acceptors (Lipinski definition) is 6. The lowest BCUT2D eigenvalue weighted by atomic mass is 10.3. The van der Waals surface area contributed by atoms with Crippen molar-refractivity contribution >= 4 is 5.96 Å². The minimum Gasteiger partial charge on any atom is -0.361 e. The SMILES string of the molecule is C=CCNC(=NCc1nnc(C)n1C)N1CCN(Cc2cc(C)on2)CC1. The van der Waals surface area contributed by atoms with Gasteiger partial charge in [-0.05, 0) is 13.8 Å². The Hall–Kier alpha value is -2.68. The van der Waals surface area contributed by atoms with Crippen molar-refractivity contribution < 1.29 is 4.52 Å². The van der Waals surface area contributed by atoms with Crippen molar-refractivity contribution in [1.29, 1.82) is 0 Å². The number of aliphatic imine (C=N–C) groups is 1.